The largest absolute Gasteiger partial charge is 0.394 e. The molecule has 2 rings (SSSR count). The summed E-state index contributed by atoms with van der Waals surface area (Å²) in [6.07, 6.45) is -20.9. The first-order chi connectivity index (χ1) is 13.1. The number of ether oxygens (including phenoxy) is 2. The van der Waals surface area contributed by atoms with Crippen molar-refractivity contribution in [1.29, 1.82) is 0 Å². The van der Waals surface area contributed by atoms with Gasteiger partial charge in [-0.25, -0.2) is 0 Å². The second-order valence-electron chi connectivity index (χ2n) is 7.08. The Balaban J connectivity index is 2.48. The molecular weight excluding hydrogens is 388 g/mol. The van der Waals surface area contributed by atoms with Gasteiger partial charge in [0.15, 0.2) is 0 Å². The van der Waals surface area contributed by atoms with Crippen LogP contribution in [0, 0.1) is 0 Å². The Morgan fingerprint density at radius 1 is 0.643 bits per heavy atom. The molecular formula is C15H28O13. The molecule has 0 aliphatic carbocycles. The number of rotatable bonds is 6. The zero-order valence-corrected chi connectivity index (χ0v) is 14.7. The molecule has 13 heteroatoms. The van der Waals surface area contributed by atoms with Crippen LogP contribution in [0.5, 0.6) is 0 Å². The molecule has 0 aromatic rings. The standard InChI is InChI=1S/C15H28O13/c16-1-4-7(20)9(22)11(24)13(27-4)15(26,6(19)3-18)14-12(25)10(23)8(21)5(2-17)28-14/h4-14,16-26H,1-3H2/t4-,5-,6?,7-,8-,9+,10+,11-,12+,13?,14?,15?/m1/s1. The summed E-state index contributed by atoms with van der Waals surface area (Å²) in [7, 11) is 0. The van der Waals surface area contributed by atoms with Crippen LogP contribution >= 0.6 is 0 Å². The van der Waals surface area contributed by atoms with Crippen molar-refractivity contribution in [3.8, 4) is 0 Å². The first kappa shape index (κ1) is 23.8. The van der Waals surface area contributed by atoms with Gasteiger partial charge in [0, 0.05) is 0 Å². The van der Waals surface area contributed by atoms with Crippen molar-refractivity contribution in [1.82, 2.24) is 0 Å². The van der Waals surface area contributed by atoms with Crippen LogP contribution in [0.4, 0.5) is 0 Å². The molecule has 13 nitrogen and oxygen atoms in total. The van der Waals surface area contributed by atoms with Crippen molar-refractivity contribution < 1.29 is 65.6 Å². The van der Waals surface area contributed by atoms with E-state index in [-0.39, 0.29) is 0 Å². The minimum absolute atomic E-state index is 0.860. The maximum absolute atomic E-state index is 11.2. The Morgan fingerprint density at radius 3 is 1.29 bits per heavy atom. The van der Waals surface area contributed by atoms with Gasteiger partial charge in [0.05, 0.1) is 19.8 Å². The highest BCUT2D eigenvalue weighted by Crippen LogP contribution is 2.38. The van der Waals surface area contributed by atoms with Gasteiger partial charge < -0.3 is 65.6 Å². The van der Waals surface area contributed by atoms with E-state index in [2.05, 4.69) is 0 Å². The molecule has 0 bridgehead atoms. The molecule has 12 atom stereocenters. The quantitative estimate of drug-likeness (QED) is 0.193. The molecule has 0 saturated carbocycles. The number of hydrogen-bond donors (Lipinski definition) is 11. The van der Waals surface area contributed by atoms with E-state index in [1.165, 1.54) is 0 Å². The van der Waals surface area contributed by atoms with Crippen molar-refractivity contribution in [3.63, 3.8) is 0 Å². The van der Waals surface area contributed by atoms with Crippen molar-refractivity contribution in [2.45, 2.75) is 72.7 Å². The Bertz CT molecular complexity index is 466. The fourth-order valence-electron chi connectivity index (χ4n) is 3.66. The third kappa shape index (κ3) is 3.79. The zero-order valence-electron chi connectivity index (χ0n) is 14.7. The second kappa shape index (κ2) is 9.09. The summed E-state index contributed by atoms with van der Waals surface area (Å²) in [6.45, 7) is -2.87. The highest BCUT2D eigenvalue weighted by atomic mass is 16.6. The van der Waals surface area contributed by atoms with E-state index >= 15 is 0 Å². The van der Waals surface area contributed by atoms with E-state index in [4.69, 9.17) is 9.47 Å². The molecule has 2 aliphatic rings. The van der Waals surface area contributed by atoms with E-state index in [0.717, 1.165) is 0 Å². The lowest BCUT2D eigenvalue weighted by Crippen LogP contribution is -2.76. The van der Waals surface area contributed by atoms with Gasteiger partial charge in [-0.15, -0.1) is 0 Å². The van der Waals surface area contributed by atoms with Crippen LogP contribution < -0.4 is 0 Å². The average Bonchev–Trinajstić information content (AvgIpc) is 2.69. The number of aliphatic hydroxyl groups excluding tert-OH is 10. The summed E-state index contributed by atoms with van der Waals surface area (Å²) in [5.41, 5.74) is -2.92. The van der Waals surface area contributed by atoms with E-state index < -0.39 is 92.6 Å². The zero-order chi connectivity index (χ0) is 21.4. The van der Waals surface area contributed by atoms with E-state index in [1.807, 2.05) is 0 Å². The fourth-order valence-corrected chi connectivity index (χ4v) is 3.66. The molecule has 2 fully saturated rings. The molecule has 0 spiro atoms. The van der Waals surface area contributed by atoms with Gasteiger partial charge in [-0.1, -0.05) is 0 Å². The van der Waals surface area contributed by atoms with E-state index in [1.54, 1.807) is 0 Å². The first-order valence-corrected chi connectivity index (χ1v) is 8.68. The third-order valence-electron chi connectivity index (χ3n) is 5.40. The Hall–Kier alpha value is -0.520. The molecule has 0 amide bonds. The van der Waals surface area contributed by atoms with Gasteiger partial charge in [-0.05, 0) is 0 Å². The van der Waals surface area contributed by atoms with E-state index in [0.29, 0.717) is 0 Å². The maximum Gasteiger partial charge on any atom is 0.150 e. The number of hydrogen-bond acceptors (Lipinski definition) is 13. The summed E-state index contributed by atoms with van der Waals surface area (Å²) < 4.78 is 10.4. The molecule has 0 aromatic heterocycles. The van der Waals surface area contributed by atoms with Crippen LogP contribution in [-0.2, 0) is 9.47 Å². The van der Waals surface area contributed by atoms with Gasteiger partial charge in [0.25, 0.3) is 0 Å². The Labute approximate surface area is 159 Å². The predicted molar refractivity (Wildman–Crippen MR) is 85.6 cm³/mol. The molecule has 11 N–H and O–H groups in total. The Morgan fingerprint density at radius 2 is 1.00 bits per heavy atom. The minimum atomic E-state index is -2.92. The van der Waals surface area contributed by atoms with Gasteiger partial charge >= 0.3 is 0 Å². The lowest BCUT2D eigenvalue weighted by Gasteiger charge is -2.54. The molecule has 166 valence electrons. The van der Waals surface area contributed by atoms with Crippen LogP contribution in [0.3, 0.4) is 0 Å². The molecule has 0 radical (unpaired) electrons. The van der Waals surface area contributed by atoms with Gasteiger partial charge in [0.1, 0.15) is 72.7 Å². The second-order valence-corrected chi connectivity index (χ2v) is 7.08. The lowest BCUT2D eigenvalue weighted by atomic mass is 9.74. The monoisotopic (exact) mass is 416 g/mol. The summed E-state index contributed by atoms with van der Waals surface area (Å²) in [5.74, 6) is 0. The number of aliphatic hydroxyl groups is 11. The average molecular weight is 416 g/mol. The van der Waals surface area contributed by atoms with E-state index in [9.17, 15) is 56.2 Å². The van der Waals surface area contributed by atoms with Crippen LogP contribution in [0.15, 0.2) is 0 Å². The van der Waals surface area contributed by atoms with Gasteiger partial charge in [-0.3, -0.25) is 0 Å². The SMILES string of the molecule is OCC(O)C(O)(C1O[C@H](CO)[C@@H](O)[C@H](O)[C@@H]1O)C1O[C@H](CO)[C@@H](O)[C@H](O)[C@H]1O. The first-order valence-electron chi connectivity index (χ1n) is 8.68. The Kier molecular flexibility index (Phi) is 7.72. The normalized spacial score (nSPS) is 48.1. The maximum atomic E-state index is 11.2. The molecule has 4 unspecified atom stereocenters. The molecule has 2 heterocycles. The van der Waals surface area contributed by atoms with Crippen LogP contribution in [0.1, 0.15) is 0 Å². The summed E-state index contributed by atoms with van der Waals surface area (Å²) in [4.78, 5) is 0. The highest BCUT2D eigenvalue weighted by Gasteiger charge is 2.63. The van der Waals surface area contributed by atoms with Crippen molar-refractivity contribution >= 4 is 0 Å². The fraction of sp³-hybridized carbons (Fsp3) is 1.00. The topological polar surface area (TPSA) is 241 Å². The lowest BCUT2D eigenvalue weighted by molar-refractivity contribution is -0.341. The van der Waals surface area contributed by atoms with Crippen LogP contribution in [-0.4, -0.2) is 149 Å². The molecule has 28 heavy (non-hydrogen) atoms. The smallest absolute Gasteiger partial charge is 0.150 e. The van der Waals surface area contributed by atoms with Crippen LogP contribution in [0.2, 0.25) is 0 Å². The van der Waals surface area contributed by atoms with Crippen molar-refractivity contribution in [2.24, 2.45) is 0 Å². The van der Waals surface area contributed by atoms with Crippen molar-refractivity contribution in [2.75, 3.05) is 19.8 Å². The molecule has 0 aromatic carbocycles. The minimum Gasteiger partial charge on any atom is -0.394 e. The van der Waals surface area contributed by atoms with Crippen LogP contribution in [0.25, 0.3) is 0 Å². The third-order valence-corrected chi connectivity index (χ3v) is 5.40. The van der Waals surface area contributed by atoms with Crippen molar-refractivity contribution in [3.05, 3.63) is 0 Å². The van der Waals surface area contributed by atoms with Gasteiger partial charge in [0.2, 0.25) is 0 Å². The summed E-state index contributed by atoms with van der Waals surface area (Å²) in [6, 6.07) is 0. The highest BCUT2D eigenvalue weighted by molar-refractivity contribution is 5.12. The molecule has 2 aliphatic heterocycles. The van der Waals surface area contributed by atoms with Gasteiger partial charge in [-0.2, -0.15) is 0 Å². The predicted octanol–water partition coefficient (Wildman–Crippen LogP) is -7.24. The summed E-state index contributed by atoms with van der Waals surface area (Å²) in [5, 5.41) is 110. The molecule has 2 saturated heterocycles. The summed E-state index contributed by atoms with van der Waals surface area (Å²) >= 11 is 0.